The Morgan fingerprint density at radius 1 is 0.936 bits per heavy atom. The molecular weight excluding hydrogens is 601 g/mol. The van der Waals surface area contributed by atoms with E-state index in [1.54, 1.807) is 43.5 Å². The van der Waals surface area contributed by atoms with Gasteiger partial charge < -0.3 is 40.2 Å². The minimum Gasteiger partial charge on any atom is -0.498 e. The Morgan fingerprint density at radius 3 is 2.30 bits per heavy atom. The smallest absolute Gasteiger partial charge is 0.475 e. The Morgan fingerprint density at radius 2 is 1.66 bits per heavy atom. The van der Waals surface area contributed by atoms with Gasteiger partial charge in [0.25, 0.3) is 0 Å². The van der Waals surface area contributed by atoms with Crippen LogP contribution in [0.5, 0.6) is 11.5 Å². The predicted octanol–water partition coefficient (Wildman–Crippen LogP) is 3.73. The molecular formula is C35H46BN3O8. The lowest BCUT2D eigenvalue weighted by Crippen LogP contribution is -2.53. The fourth-order valence-corrected chi connectivity index (χ4v) is 5.15. The number of para-hydroxylation sites is 1. The van der Waals surface area contributed by atoms with E-state index in [4.69, 9.17) is 14.2 Å². The van der Waals surface area contributed by atoms with Crippen molar-refractivity contribution in [2.75, 3.05) is 20.3 Å². The van der Waals surface area contributed by atoms with E-state index in [2.05, 4.69) is 16.0 Å². The van der Waals surface area contributed by atoms with Gasteiger partial charge in [0, 0.05) is 12.0 Å². The molecule has 3 rings (SSSR count). The lowest BCUT2D eigenvalue weighted by Gasteiger charge is -2.23. The molecule has 5 N–H and O–H groups in total. The number of benzene rings is 2. The van der Waals surface area contributed by atoms with Gasteiger partial charge >= 0.3 is 7.12 Å². The number of hydrogen-bond acceptors (Lipinski definition) is 8. The van der Waals surface area contributed by atoms with Gasteiger partial charge in [0.15, 0.2) is 0 Å². The monoisotopic (exact) mass is 647 g/mol. The maximum Gasteiger partial charge on any atom is 0.475 e. The third-order valence-corrected chi connectivity index (χ3v) is 7.40. The SMILES string of the molecule is CCOC1=C(C(NC(=O)Cc2cccc(Oc3ccccc3)c2)C(=O)NCC(=O)NC(CC(C)C)B(O)O)C=CC(OC)=C(CC)C1. The van der Waals surface area contributed by atoms with Crippen LogP contribution in [0.25, 0.3) is 0 Å². The number of ether oxygens (including phenoxy) is 3. The van der Waals surface area contributed by atoms with Crippen molar-refractivity contribution in [1.29, 1.82) is 0 Å². The first kappa shape index (κ1) is 36.9. The van der Waals surface area contributed by atoms with Gasteiger partial charge in [-0.2, -0.15) is 0 Å². The van der Waals surface area contributed by atoms with Crippen molar-refractivity contribution in [2.45, 2.75) is 65.4 Å². The lowest BCUT2D eigenvalue weighted by atomic mass is 9.75. The lowest BCUT2D eigenvalue weighted by molar-refractivity contribution is -0.129. The van der Waals surface area contributed by atoms with Crippen molar-refractivity contribution < 1.29 is 38.6 Å². The summed E-state index contributed by atoms with van der Waals surface area (Å²) in [6, 6.07) is 15.2. The van der Waals surface area contributed by atoms with Gasteiger partial charge in [0.05, 0.1) is 32.6 Å². The Kier molecular flexibility index (Phi) is 14.6. The van der Waals surface area contributed by atoms with E-state index in [1.165, 1.54) is 0 Å². The molecule has 0 aromatic heterocycles. The molecule has 0 aliphatic heterocycles. The van der Waals surface area contributed by atoms with Crippen molar-refractivity contribution in [3.05, 3.63) is 95.0 Å². The number of carbonyl (C=O) groups is 3. The van der Waals surface area contributed by atoms with Crippen LogP contribution in [0.4, 0.5) is 0 Å². The molecule has 2 unspecified atom stereocenters. The van der Waals surface area contributed by atoms with Crippen LogP contribution in [-0.2, 0) is 30.3 Å². The highest BCUT2D eigenvalue weighted by molar-refractivity contribution is 6.43. The van der Waals surface area contributed by atoms with Crippen LogP contribution >= 0.6 is 0 Å². The van der Waals surface area contributed by atoms with Gasteiger partial charge in [-0.25, -0.2) is 0 Å². The molecule has 252 valence electrons. The third-order valence-electron chi connectivity index (χ3n) is 7.40. The van der Waals surface area contributed by atoms with E-state index in [0.717, 1.165) is 5.57 Å². The van der Waals surface area contributed by atoms with Crippen LogP contribution in [0, 0.1) is 5.92 Å². The first-order valence-corrected chi connectivity index (χ1v) is 15.9. The van der Waals surface area contributed by atoms with Crippen LogP contribution in [0.1, 0.15) is 52.5 Å². The highest BCUT2D eigenvalue weighted by Gasteiger charge is 2.30. The Balaban J connectivity index is 1.85. The van der Waals surface area contributed by atoms with Crippen LogP contribution in [-0.4, -0.2) is 67.1 Å². The topological polar surface area (TPSA) is 155 Å². The maximum atomic E-state index is 13.8. The summed E-state index contributed by atoms with van der Waals surface area (Å²) in [7, 11) is -0.192. The minimum atomic E-state index is -1.76. The summed E-state index contributed by atoms with van der Waals surface area (Å²) in [6.07, 6.45) is 4.74. The number of hydrogen-bond donors (Lipinski definition) is 5. The summed E-state index contributed by atoms with van der Waals surface area (Å²) in [4.78, 5) is 40.0. The molecule has 0 spiro atoms. The number of nitrogens with one attached hydrogen (secondary N) is 3. The first-order valence-electron chi connectivity index (χ1n) is 15.9. The molecule has 0 radical (unpaired) electrons. The van der Waals surface area contributed by atoms with Gasteiger partial charge in [-0.05, 0) is 73.2 Å². The fourth-order valence-electron chi connectivity index (χ4n) is 5.15. The summed E-state index contributed by atoms with van der Waals surface area (Å²) in [5.41, 5.74) is 2.04. The average Bonchev–Trinajstić information content (AvgIpc) is 3.21. The molecule has 2 aromatic carbocycles. The van der Waals surface area contributed by atoms with Crippen molar-refractivity contribution in [2.24, 2.45) is 5.92 Å². The molecule has 2 aromatic rings. The van der Waals surface area contributed by atoms with E-state index < -0.39 is 43.4 Å². The van der Waals surface area contributed by atoms with Crippen LogP contribution in [0.2, 0.25) is 0 Å². The van der Waals surface area contributed by atoms with E-state index in [-0.39, 0.29) is 12.3 Å². The van der Waals surface area contributed by atoms with Crippen molar-refractivity contribution in [1.82, 2.24) is 16.0 Å². The molecule has 2 atom stereocenters. The standard InChI is InChI=1S/C35H46BN3O8/c1-6-25-21-30(46-7-2)28(16-17-29(25)45-5)34(35(42)37-22-33(41)38-31(36(43)44)18-23(3)4)39-32(40)20-24-12-11-15-27(19-24)47-26-13-9-8-10-14-26/h8-17,19,23,31,34,43-44H,6-7,18,20-22H2,1-5H3,(H,37,42)(H,38,41)(H,39,40). The Labute approximate surface area is 277 Å². The fraction of sp³-hybridized carbons (Fsp3) is 0.400. The second kappa shape index (κ2) is 18.6. The summed E-state index contributed by atoms with van der Waals surface area (Å²) >= 11 is 0. The van der Waals surface area contributed by atoms with Gasteiger partial charge in [-0.1, -0.05) is 51.1 Å². The quantitative estimate of drug-likeness (QED) is 0.163. The zero-order valence-electron chi connectivity index (χ0n) is 27.7. The largest absolute Gasteiger partial charge is 0.498 e. The zero-order chi connectivity index (χ0) is 34.3. The van der Waals surface area contributed by atoms with Crippen LogP contribution in [0.3, 0.4) is 0 Å². The van der Waals surface area contributed by atoms with Gasteiger partial charge in [0.2, 0.25) is 17.7 Å². The second-order valence-corrected chi connectivity index (χ2v) is 11.5. The average molecular weight is 648 g/mol. The van der Waals surface area contributed by atoms with E-state index in [1.807, 2.05) is 58.0 Å². The van der Waals surface area contributed by atoms with E-state index >= 15 is 0 Å². The number of rotatable bonds is 17. The summed E-state index contributed by atoms with van der Waals surface area (Å²) in [5, 5.41) is 27.4. The summed E-state index contributed by atoms with van der Waals surface area (Å²) in [5.74, 6) is -0.155. The van der Waals surface area contributed by atoms with Gasteiger partial charge in [-0.15, -0.1) is 0 Å². The number of carbonyl (C=O) groups excluding carboxylic acids is 3. The molecule has 11 nitrogen and oxygen atoms in total. The third kappa shape index (κ3) is 11.6. The highest BCUT2D eigenvalue weighted by atomic mass is 16.5. The Bertz CT molecular complexity index is 1460. The van der Waals surface area contributed by atoms with Crippen molar-refractivity contribution in [3.63, 3.8) is 0 Å². The molecule has 0 bridgehead atoms. The van der Waals surface area contributed by atoms with E-state index in [0.29, 0.717) is 60.0 Å². The highest BCUT2D eigenvalue weighted by Crippen LogP contribution is 2.29. The molecule has 0 heterocycles. The normalized spacial score (nSPS) is 14.2. The Hall–Kier alpha value is -4.55. The number of amides is 3. The molecule has 0 fully saturated rings. The molecule has 3 amide bonds. The molecule has 47 heavy (non-hydrogen) atoms. The van der Waals surface area contributed by atoms with Crippen LogP contribution in [0.15, 0.2) is 89.4 Å². The minimum absolute atomic E-state index is 0.0513. The first-order chi connectivity index (χ1) is 22.5. The number of methoxy groups -OCH3 is 1. The maximum absolute atomic E-state index is 13.8. The van der Waals surface area contributed by atoms with Crippen LogP contribution < -0.4 is 20.7 Å². The predicted molar refractivity (Wildman–Crippen MR) is 180 cm³/mol. The van der Waals surface area contributed by atoms with E-state index in [9.17, 15) is 24.4 Å². The number of allylic oxidation sites excluding steroid dienone is 2. The molecule has 1 aliphatic carbocycles. The summed E-state index contributed by atoms with van der Waals surface area (Å²) in [6.45, 7) is 7.48. The van der Waals surface area contributed by atoms with Gasteiger partial charge in [-0.3, -0.25) is 14.4 Å². The molecule has 0 saturated carbocycles. The second-order valence-electron chi connectivity index (χ2n) is 11.5. The summed E-state index contributed by atoms with van der Waals surface area (Å²) < 4.78 is 17.5. The van der Waals surface area contributed by atoms with Gasteiger partial charge in [0.1, 0.15) is 29.1 Å². The van der Waals surface area contributed by atoms with Crippen molar-refractivity contribution in [3.8, 4) is 11.5 Å². The molecule has 1 aliphatic rings. The zero-order valence-corrected chi connectivity index (χ0v) is 27.7. The molecule has 12 heteroatoms. The van der Waals surface area contributed by atoms with Crippen molar-refractivity contribution >= 4 is 24.8 Å². The molecule has 0 saturated heterocycles.